The number of aromatic nitrogens is 12. The number of phenolic OH excluding ortho intramolecular Hbond substituents is 3. The predicted octanol–water partition coefficient (Wildman–Crippen LogP) is 10.5. The van der Waals surface area contributed by atoms with Gasteiger partial charge in [0.2, 0.25) is 53.5 Å². The average Bonchev–Trinajstić information content (AvgIpc) is 1.04. The Hall–Kier alpha value is -15.4. The number of anilines is 9. The molecule has 0 radical (unpaired) electrons. The van der Waals surface area contributed by atoms with Gasteiger partial charge in [-0.15, -0.1) is 0 Å². The number of phenols is 3. The number of H-pyrrole nitrogens is 3. The predicted molar refractivity (Wildman–Crippen MR) is 474 cm³/mol. The third kappa shape index (κ3) is 21.9. The van der Waals surface area contributed by atoms with E-state index >= 15 is 0 Å². The zero-order chi connectivity index (χ0) is 88.9. The van der Waals surface area contributed by atoms with Crippen LogP contribution in [0.3, 0.4) is 0 Å². The van der Waals surface area contributed by atoms with E-state index in [0.717, 1.165) is 82.8 Å². The van der Waals surface area contributed by atoms with Crippen LogP contribution in [0.25, 0.3) is 32.7 Å². The van der Waals surface area contributed by atoms with Gasteiger partial charge < -0.3 is 107 Å². The number of hydrogen-bond acceptors (Lipinski definition) is 33. The van der Waals surface area contributed by atoms with Crippen molar-refractivity contribution in [3.63, 3.8) is 0 Å². The molecule has 0 unspecified atom stereocenters. The molecule has 126 heavy (non-hydrogen) atoms. The van der Waals surface area contributed by atoms with Gasteiger partial charge >= 0.3 is 35.8 Å². The van der Waals surface area contributed by atoms with Gasteiger partial charge in [0.05, 0.1) is 42.7 Å². The largest absolute Gasteiger partial charge is 0.508 e. The maximum Gasteiger partial charge on any atom is 0.328 e. The number of para-hydroxylation sites is 3. The quantitative estimate of drug-likeness (QED) is 0.0125. The molecular weight excluding hydrogens is 1620 g/mol. The molecule has 6 atom stereocenters. The minimum Gasteiger partial charge on any atom is -0.508 e. The van der Waals surface area contributed by atoms with Crippen LogP contribution in [0, 0.1) is 0 Å². The van der Waals surface area contributed by atoms with Crippen LogP contribution in [0.5, 0.6) is 17.2 Å². The summed E-state index contributed by atoms with van der Waals surface area (Å²) in [6.07, 6.45) is 7.14. The zero-order valence-corrected chi connectivity index (χ0v) is 70.8. The van der Waals surface area contributed by atoms with Crippen LogP contribution in [-0.2, 0) is 135 Å². The molecule has 654 valence electrons. The second-order valence-corrected chi connectivity index (χ2v) is 29.5. The number of carbonyl (C=O) groups excluding carboxylic acids is 6. The molecule has 6 aromatic heterocycles. The summed E-state index contributed by atoms with van der Waals surface area (Å²) < 4.78 is 32.2. The van der Waals surface area contributed by atoms with Crippen LogP contribution in [0.1, 0.15) is 87.5 Å². The van der Waals surface area contributed by atoms with Crippen molar-refractivity contribution in [2.45, 2.75) is 134 Å². The summed E-state index contributed by atoms with van der Waals surface area (Å²) in [4.78, 5) is 137. The summed E-state index contributed by atoms with van der Waals surface area (Å²) in [6.45, 7) is 6.02. The number of aromatic hydroxyl groups is 3. The van der Waals surface area contributed by atoms with E-state index in [2.05, 4.69) is 62.8 Å². The minimum absolute atomic E-state index is 0.00663. The van der Waals surface area contributed by atoms with E-state index in [1.54, 1.807) is 36.4 Å². The molecule has 36 nitrogen and oxygen atoms in total. The van der Waals surface area contributed by atoms with Gasteiger partial charge in [-0.1, -0.05) is 112 Å². The standard InChI is InChI=1S/C90H99N21O15/c1-10-58-64(46-94-82-103-85(97-70(76(115)121-4)37-49-25-31-55(112)32-26-49)109-88(106-82)100-73(79(118)124-7)40-52-43-91-67-22-16-13-19-61(52)67)59(11-2)66(48-96-84-105-87(99-72(78(117)123-6)39-51-29-35-57(114)36-30-51)111-90(108-84)102-75(81(120)126-9)42-54-45-93-69-24-18-15-21-63(54)69)60(12-3)65(58)47-95-83-104-86(98-71(77(116)122-5)38-50-27-33-56(113)34-28-50)110-89(107-83)101-74(80(119)125-8)41-53-44-92-68-23-17-14-20-62(53)68/h13-36,43-45,70-75,91-93,112-114H,10-12,37-42,46-48H2,1-9H3,(H3,94,97,100,103,106,109)(H3,95,98,101,104,107,110)(H3,96,99,102,105,108,111)/t70-,71-,72-,73-,74-,75-/m0/s1. The van der Waals surface area contributed by atoms with E-state index in [1.165, 1.54) is 79.1 Å². The van der Waals surface area contributed by atoms with Crippen molar-refractivity contribution in [1.29, 1.82) is 0 Å². The van der Waals surface area contributed by atoms with Crippen molar-refractivity contribution in [1.82, 2.24) is 59.8 Å². The number of carbonyl (C=O) groups is 6. The summed E-state index contributed by atoms with van der Waals surface area (Å²) in [7, 11) is 7.59. The van der Waals surface area contributed by atoms with Crippen molar-refractivity contribution in [3.8, 4) is 17.2 Å². The second-order valence-electron chi connectivity index (χ2n) is 29.5. The minimum atomic E-state index is -1.11. The lowest BCUT2D eigenvalue weighted by Crippen LogP contribution is -2.35. The van der Waals surface area contributed by atoms with Gasteiger partial charge in [0, 0.05) is 109 Å². The van der Waals surface area contributed by atoms with Gasteiger partial charge in [-0.25, -0.2) is 28.8 Å². The Morgan fingerprint density at radius 1 is 0.286 bits per heavy atom. The number of fused-ring (bicyclic) bond motifs is 3. The molecule has 0 aliphatic rings. The zero-order valence-electron chi connectivity index (χ0n) is 70.8. The van der Waals surface area contributed by atoms with Gasteiger partial charge in [0.25, 0.3) is 0 Å². The third-order valence-corrected chi connectivity index (χ3v) is 21.6. The Balaban J connectivity index is 0.939. The fourth-order valence-electron chi connectivity index (χ4n) is 15.4. The van der Waals surface area contributed by atoms with Crippen molar-refractivity contribution in [2.75, 3.05) is 90.5 Å². The maximum atomic E-state index is 14.0. The van der Waals surface area contributed by atoms with Crippen LogP contribution >= 0.6 is 0 Å². The van der Waals surface area contributed by atoms with E-state index in [0.29, 0.717) is 36.0 Å². The number of ether oxygens (including phenoxy) is 6. The summed E-state index contributed by atoms with van der Waals surface area (Å²) in [6, 6.07) is 35.4. The lowest BCUT2D eigenvalue weighted by molar-refractivity contribution is -0.142. The molecule has 0 fully saturated rings. The molecule has 15 N–H and O–H groups in total. The van der Waals surface area contributed by atoms with E-state index < -0.39 is 72.1 Å². The number of benzene rings is 7. The lowest BCUT2D eigenvalue weighted by atomic mass is 9.83. The SMILES string of the molecule is CCc1c(CNc2nc(N[C@@H](Cc3ccc(O)cc3)C(=O)OC)nc(N[C@@H](Cc3c[nH]c4ccccc34)C(=O)OC)n2)c(CC)c(CNc2nc(N[C@@H](Cc3ccc(O)cc3)C(=O)OC)nc(N[C@@H](Cc3c[nH]c4ccccc34)C(=O)OC)n2)c(CC)c1CNc1nc(N[C@@H](Cc2ccc(O)cc2)C(=O)OC)nc(N[C@@H](Cc2c[nH]c3ccccc23)C(=O)OC)n1. The van der Waals surface area contributed by atoms with Crippen molar-refractivity contribution in [3.05, 3.63) is 231 Å². The van der Waals surface area contributed by atoms with Crippen LogP contribution in [0.4, 0.5) is 53.5 Å². The highest BCUT2D eigenvalue weighted by Gasteiger charge is 2.32. The third-order valence-electron chi connectivity index (χ3n) is 21.6. The van der Waals surface area contributed by atoms with Gasteiger partial charge in [-0.05, 0) is 141 Å². The number of hydrogen-bond donors (Lipinski definition) is 15. The molecule has 0 aliphatic carbocycles. The Morgan fingerprint density at radius 2 is 0.492 bits per heavy atom. The number of nitrogens with zero attached hydrogens (tertiary/aromatic N) is 9. The fourth-order valence-corrected chi connectivity index (χ4v) is 15.4. The highest BCUT2D eigenvalue weighted by atomic mass is 16.5. The van der Waals surface area contributed by atoms with E-state index in [4.69, 9.17) is 73.3 Å². The molecule has 36 heteroatoms. The number of aromatic amines is 3. The topological polar surface area (TPSA) is 490 Å². The number of nitrogens with one attached hydrogen (secondary N) is 12. The monoisotopic (exact) mass is 1710 g/mol. The first-order chi connectivity index (χ1) is 61.1. The van der Waals surface area contributed by atoms with Gasteiger partial charge in [-0.2, -0.15) is 44.9 Å². The second kappa shape index (κ2) is 41.5. The molecule has 0 saturated heterocycles. The van der Waals surface area contributed by atoms with Crippen LogP contribution in [-0.4, -0.2) is 190 Å². The Labute approximate surface area is 724 Å². The molecule has 0 aliphatic heterocycles. The van der Waals surface area contributed by atoms with Crippen molar-refractivity contribution in [2.24, 2.45) is 0 Å². The smallest absolute Gasteiger partial charge is 0.328 e. The molecule has 6 heterocycles. The van der Waals surface area contributed by atoms with Crippen LogP contribution in [0.2, 0.25) is 0 Å². The lowest BCUT2D eigenvalue weighted by Gasteiger charge is -2.27. The highest BCUT2D eigenvalue weighted by molar-refractivity contribution is 5.89. The highest BCUT2D eigenvalue weighted by Crippen LogP contribution is 2.35. The van der Waals surface area contributed by atoms with Crippen LogP contribution < -0.4 is 47.9 Å². The number of esters is 6. The van der Waals surface area contributed by atoms with E-state index in [9.17, 15) is 44.1 Å². The first-order valence-corrected chi connectivity index (χ1v) is 40.9. The van der Waals surface area contributed by atoms with Gasteiger partial charge in [-0.3, -0.25) is 0 Å². The Morgan fingerprint density at radius 3 is 0.706 bits per heavy atom. The van der Waals surface area contributed by atoms with Crippen molar-refractivity contribution < 1.29 is 72.5 Å². The van der Waals surface area contributed by atoms with Crippen LogP contribution in [0.15, 0.2) is 164 Å². The van der Waals surface area contributed by atoms with Crippen molar-refractivity contribution >= 4 is 122 Å². The van der Waals surface area contributed by atoms with E-state index in [1.807, 2.05) is 112 Å². The van der Waals surface area contributed by atoms with E-state index in [-0.39, 0.29) is 129 Å². The molecule has 13 aromatic rings. The first-order valence-electron chi connectivity index (χ1n) is 40.9. The Kier molecular flexibility index (Phi) is 29.1. The average molecular weight is 1710 g/mol. The molecular formula is C90H99N21O15. The fraction of sp³-hybridized carbons (Fsp3) is 0.300. The summed E-state index contributed by atoms with van der Waals surface area (Å²) in [5.74, 6) is -4.51. The normalized spacial score (nSPS) is 12.6. The number of rotatable bonds is 42. The molecule has 0 spiro atoms. The summed E-state index contributed by atoms with van der Waals surface area (Å²) in [5, 5.41) is 63.0. The summed E-state index contributed by atoms with van der Waals surface area (Å²) >= 11 is 0. The Bertz CT molecular complexity index is 5420. The summed E-state index contributed by atoms with van der Waals surface area (Å²) in [5.41, 5.74) is 11.7. The number of methoxy groups -OCH3 is 6. The first kappa shape index (κ1) is 88.4. The maximum absolute atomic E-state index is 14.0. The molecule has 0 amide bonds. The molecule has 7 aromatic carbocycles. The molecule has 0 saturated carbocycles. The van der Waals surface area contributed by atoms with Gasteiger partial charge in [0.15, 0.2) is 0 Å². The van der Waals surface area contributed by atoms with Gasteiger partial charge in [0.1, 0.15) is 53.5 Å². The molecule has 0 bridgehead atoms. The molecule has 13 rings (SSSR count).